The van der Waals surface area contributed by atoms with Gasteiger partial charge in [0.25, 0.3) is 5.91 Å². The lowest BCUT2D eigenvalue weighted by Gasteiger charge is -2.40. The van der Waals surface area contributed by atoms with E-state index in [1.54, 1.807) is 6.92 Å². The fourth-order valence-corrected chi connectivity index (χ4v) is 6.44. The van der Waals surface area contributed by atoms with Crippen molar-refractivity contribution in [3.63, 3.8) is 0 Å². The van der Waals surface area contributed by atoms with Crippen molar-refractivity contribution >= 4 is 27.3 Å². The summed E-state index contributed by atoms with van der Waals surface area (Å²) < 4.78 is 44.9. The number of hydrogen-bond acceptors (Lipinski definition) is 8. The Morgan fingerprint density at radius 3 is 2.53 bits per heavy atom. The molecule has 1 aromatic heterocycles. The van der Waals surface area contributed by atoms with Crippen molar-refractivity contribution in [1.29, 1.82) is 0 Å². The van der Waals surface area contributed by atoms with Crippen molar-refractivity contribution in [1.82, 2.24) is 9.97 Å². The zero-order chi connectivity index (χ0) is 23.3. The lowest BCUT2D eigenvalue weighted by molar-refractivity contribution is 0.102. The molecule has 4 rings (SSSR count). The van der Waals surface area contributed by atoms with E-state index in [1.165, 1.54) is 38.6 Å². The third kappa shape index (κ3) is 3.60. The average molecular weight is 462 g/mol. The number of hydrogen-bond donors (Lipinski definition) is 2. The van der Waals surface area contributed by atoms with E-state index in [0.29, 0.717) is 0 Å². The van der Waals surface area contributed by atoms with Gasteiger partial charge in [-0.25, -0.2) is 22.8 Å². The van der Waals surface area contributed by atoms with E-state index in [4.69, 9.17) is 10.5 Å². The van der Waals surface area contributed by atoms with Gasteiger partial charge in [0.1, 0.15) is 27.6 Å². The molecule has 2 atom stereocenters. The minimum Gasteiger partial charge on any atom is -0.480 e. The molecule has 1 saturated carbocycles. The molecule has 1 aliphatic carbocycles. The molecule has 0 radical (unpaired) electrons. The minimum atomic E-state index is -3.71. The van der Waals surface area contributed by atoms with E-state index in [2.05, 4.69) is 20.3 Å². The van der Waals surface area contributed by atoms with Crippen LogP contribution in [0.5, 0.6) is 5.88 Å². The zero-order valence-electron chi connectivity index (χ0n) is 17.9. The van der Waals surface area contributed by atoms with Crippen LogP contribution in [0.25, 0.3) is 0 Å². The van der Waals surface area contributed by atoms with E-state index < -0.39 is 31.8 Å². The van der Waals surface area contributed by atoms with Gasteiger partial charge in [0, 0.05) is 11.3 Å². The summed E-state index contributed by atoms with van der Waals surface area (Å²) in [5, 5.41) is 2.62. The fourth-order valence-electron chi connectivity index (χ4n) is 4.07. The highest BCUT2D eigenvalue weighted by atomic mass is 32.2. The summed E-state index contributed by atoms with van der Waals surface area (Å²) in [6.45, 7) is 3.13. The Labute approximate surface area is 185 Å². The van der Waals surface area contributed by atoms with Crippen LogP contribution in [0.3, 0.4) is 0 Å². The Morgan fingerprint density at radius 1 is 1.25 bits per heavy atom. The first-order chi connectivity index (χ1) is 15.0. The Morgan fingerprint density at radius 2 is 1.97 bits per heavy atom. The molecule has 0 bridgehead atoms. The predicted octanol–water partition coefficient (Wildman–Crippen LogP) is 2.05. The van der Waals surface area contributed by atoms with Crippen LogP contribution >= 0.6 is 0 Å². The van der Waals surface area contributed by atoms with Gasteiger partial charge < -0.3 is 15.8 Å². The SMILES string of the molecule is COc1cnc(C(=O)Nc2ccc(F)c(C3(C)CS(=O)(=O)C(C)(C4CC4)C(N)=N3)c2)cn1. The number of nitrogens with zero attached hydrogens (tertiary/aromatic N) is 3. The molecular weight excluding hydrogens is 437 g/mol. The van der Waals surface area contributed by atoms with Gasteiger partial charge in [-0.2, -0.15) is 0 Å². The number of halogens is 1. The second-order valence-electron chi connectivity index (χ2n) is 8.50. The Kier molecular flexibility index (Phi) is 5.19. The summed E-state index contributed by atoms with van der Waals surface area (Å²) in [4.78, 5) is 24.9. The van der Waals surface area contributed by atoms with Crippen molar-refractivity contribution in [3.8, 4) is 5.88 Å². The Hall–Kier alpha value is -3.08. The summed E-state index contributed by atoms with van der Waals surface area (Å²) in [6.07, 6.45) is 4.09. The maximum atomic E-state index is 14.8. The molecule has 1 aliphatic heterocycles. The standard InChI is InChI=1S/C21H24FN5O4S/c1-20(11-32(29,30)21(2,12-4-5-12)19(23)27-20)14-8-13(6-7-15(14)22)26-18(28)16-9-25-17(31-3)10-24-16/h6-10,12H,4-5,11H2,1-3H3,(H2,23,27)(H,26,28). The maximum Gasteiger partial charge on any atom is 0.275 e. The summed E-state index contributed by atoms with van der Waals surface area (Å²) in [5.41, 5.74) is 5.05. The van der Waals surface area contributed by atoms with Crippen molar-refractivity contribution in [2.75, 3.05) is 18.2 Å². The highest BCUT2D eigenvalue weighted by molar-refractivity contribution is 7.93. The van der Waals surface area contributed by atoms with Crippen molar-refractivity contribution in [3.05, 3.63) is 47.7 Å². The molecule has 32 heavy (non-hydrogen) atoms. The van der Waals surface area contributed by atoms with Crippen LogP contribution in [0.1, 0.15) is 42.7 Å². The number of methoxy groups -OCH3 is 1. The molecule has 1 amide bonds. The molecule has 2 aromatic rings. The normalized spacial score (nSPS) is 26.8. The van der Waals surface area contributed by atoms with Gasteiger partial charge in [0.2, 0.25) is 5.88 Å². The molecular formula is C21H24FN5O4S. The topological polar surface area (TPSA) is 137 Å². The van der Waals surface area contributed by atoms with Gasteiger partial charge in [-0.1, -0.05) is 0 Å². The van der Waals surface area contributed by atoms with Gasteiger partial charge in [-0.3, -0.25) is 9.79 Å². The monoisotopic (exact) mass is 461 g/mol. The summed E-state index contributed by atoms with van der Waals surface area (Å²) in [5.74, 6) is -1.41. The number of rotatable bonds is 5. The van der Waals surface area contributed by atoms with Gasteiger partial charge in [-0.15, -0.1) is 0 Å². The molecule has 11 heteroatoms. The van der Waals surface area contributed by atoms with Crippen molar-refractivity contribution < 1.29 is 22.3 Å². The molecule has 0 spiro atoms. The molecule has 170 valence electrons. The van der Waals surface area contributed by atoms with E-state index in [-0.39, 0.29) is 40.3 Å². The molecule has 3 N–H and O–H groups in total. The fraction of sp³-hybridized carbons (Fsp3) is 0.429. The van der Waals surface area contributed by atoms with E-state index in [0.717, 1.165) is 18.9 Å². The number of aliphatic imine (C=N–C) groups is 1. The largest absolute Gasteiger partial charge is 0.480 e. The number of sulfone groups is 1. The average Bonchev–Trinajstić information content (AvgIpc) is 3.58. The molecule has 2 aliphatic rings. The number of carbonyl (C=O) groups is 1. The van der Waals surface area contributed by atoms with Crippen LogP contribution in [0.2, 0.25) is 0 Å². The molecule has 2 heterocycles. The number of nitrogens with one attached hydrogen (secondary N) is 1. The number of carbonyl (C=O) groups excluding carboxylic acids is 1. The lowest BCUT2D eigenvalue weighted by Crippen LogP contribution is -2.58. The number of ether oxygens (including phenoxy) is 1. The number of aromatic nitrogens is 2. The van der Waals surface area contributed by atoms with Crippen molar-refractivity contribution in [2.24, 2.45) is 16.6 Å². The van der Waals surface area contributed by atoms with Gasteiger partial charge in [-0.05, 0) is 50.8 Å². The van der Waals surface area contributed by atoms with Gasteiger partial charge in [0.15, 0.2) is 9.84 Å². The first-order valence-electron chi connectivity index (χ1n) is 10.1. The van der Waals surface area contributed by atoms with Crippen LogP contribution in [-0.2, 0) is 15.4 Å². The second kappa shape index (κ2) is 7.51. The molecule has 1 fully saturated rings. The van der Waals surface area contributed by atoms with Crippen LogP contribution in [-0.4, -0.2) is 47.7 Å². The second-order valence-corrected chi connectivity index (χ2v) is 10.9. The van der Waals surface area contributed by atoms with Crippen molar-refractivity contribution in [2.45, 2.75) is 37.0 Å². The molecule has 9 nitrogen and oxygen atoms in total. The Balaban J connectivity index is 1.66. The van der Waals surface area contributed by atoms with Crippen LogP contribution in [0.15, 0.2) is 35.6 Å². The Bertz CT molecular complexity index is 1210. The maximum absolute atomic E-state index is 14.8. The first-order valence-corrected chi connectivity index (χ1v) is 11.7. The predicted molar refractivity (Wildman–Crippen MR) is 117 cm³/mol. The van der Waals surface area contributed by atoms with E-state index in [9.17, 15) is 17.6 Å². The number of amides is 1. The number of anilines is 1. The lowest BCUT2D eigenvalue weighted by atomic mass is 9.92. The number of nitrogens with two attached hydrogens (primary N) is 1. The minimum absolute atomic E-state index is 0.00361. The van der Waals surface area contributed by atoms with Crippen LogP contribution in [0.4, 0.5) is 10.1 Å². The van der Waals surface area contributed by atoms with Gasteiger partial charge >= 0.3 is 0 Å². The molecule has 2 unspecified atom stereocenters. The smallest absolute Gasteiger partial charge is 0.275 e. The first kappa shape index (κ1) is 22.1. The van der Waals surface area contributed by atoms with E-state index >= 15 is 0 Å². The highest BCUT2D eigenvalue weighted by Crippen LogP contribution is 2.49. The van der Waals surface area contributed by atoms with Crippen LogP contribution in [0, 0.1) is 11.7 Å². The number of amidine groups is 1. The third-order valence-corrected chi connectivity index (χ3v) is 9.00. The number of benzene rings is 1. The third-order valence-electron chi connectivity index (χ3n) is 6.22. The quantitative estimate of drug-likeness (QED) is 0.695. The molecule has 0 saturated heterocycles. The zero-order valence-corrected chi connectivity index (χ0v) is 18.7. The summed E-state index contributed by atoms with van der Waals surface area (Å²) >= 11 is 0. The highest BCUT2D eigenvalue weighted by Gasteiger charge is 2.58. The van der Waals surface area contributed by atoms with Crippen LogP contribution < -0.4 is 15.8 Å². The van der Waals surface area contributed by atoms with E-state index in [1.807, 2.05) is 0 Å². The summed E-state index contributed by atoms with van der Waals surface area (Å²) in [7, 11) is -2.28. The van der Waals surface area contributed by atoms with Gasteiger partial charge in [0.05, 0.1) is 25.3 Å². The summed E-state index contributed by atoms with van der Waals surface area (Å²) in [6, 6.07) is 3.90. The molecule has 1 aromatic carbocycles.